The van der Waals surface area contributed by atoms with Gasteiger partial charge in [-0.3, -0.25) is 0 Å². The number of aliphatic hydroxyl groups excluding tert-OH is 1. The third kappa shape index (κ3) is 2.03. The van der Waals surface area contributed by atoms with Gasteiger partial charge in [-0.1, -0.05) is 6.07 Å². The van der Waals surface area contributed by atoms with Crippen LogP contribution < -0.4 is 0 Å². The van der Waals surface area contributed by atoms with Crippen LogP contribution >= 0.6 is 11.3 Å². The van der Waals surface area contributed by atoms with E-state index in [4.69, 9.17) is 5.11 Å². The fraction of sp³-hybridized carbons (Fsp3) is 0.100. The molecule has 78 valence electrons. The van der Waals surface area contributed by atoms with Gasteiger partial charge in [-0.15, -0.1) is 11.3 Å². The first-order valence-corrected chi connectivity index (χ1v) is 5.03. The van der Waals surface area contributed by atoms with Crippen LogP contribution in [0.4, 0.5) is 8.78 Å². The largest absolute Gasteiger partial charge is 0.389 e. The van der Waals surface area contributed by atoms with E-state index in [9.17, 15) is 8.78 Å². The molecule has 0 aliphatic heterocycles. The number of rotatable bonds is 2. The van der Waals surface area contributed by atoms with Crippen LogP contribution in [0.1, 0.15) is 5.01 Å². The van der Waals surface area contributed by atoms with Crippen molar-refractivity contribution in [1.82, 2.24) is 4.98 Å². The summed E-state index contributed by atoms with van der Waals surface area (Å²) in [7, 11) is 0. The summed E-state index contributed by atoms with van der Waals surface area (Å²) in [6.07, 6.45) is 1.53. The normalized spacial score (nSPS) is 10.6. The highest BCUT2D eigenvalue weighted by Crippen LogP contribution is 2.27. The number of benzene rings is 1. The van der Waals surface area contributed by atoms with Crippen molar-refractivity contribution in [1.29, 1.82) is 0 Å². The highest BCUT2D eigenvalue weighted by atomic mass is 32.1. The Balaban J connectivity index is 2.40. The van der Waals surface area contributed by atoms with E-state index >= 15 is 0 Å². The van der Waals surface area contributed by atoms with Gasteiger partial charge in [0.05, 0.1) is 11.5 Å². The zero-order chi connectivity index (χ0) is 10.8. The third-order valence-corrected chi connectivity index (χ3v) is 2.92. The van der Waals surface area contributed by atoms with E-state index in [0.717, 1.165) is 12.1 Å². The van der Waals surface area contributed by atoms with Crippen molar-refractivity contribution in [3.63, 3.8) is 0 Å². The summed E-state index contributed by atoms with van der Waals surface area (Å²) >= 11 is 1.25. The molecule has 2 nitrogen and oxygen atoms in total. The van der Waals surface area contributed by atoms with Crippen molar-refractivity contribution in [2.75, 3.05) is 0 Å². The van der Waals surface area contributed by atoms with Gasteiger partial charge in [0.1, 0.15) is 5.01 Å². The maximum absolute atomic E-state index is 12.9. The van der Waals surface area contributed by atoms with Crippen molar-refractivity contribution in [3.8, 4) is 10.4 Å². The van der Waals surface area contributed by atoms with Crippen LogP contribution in [0.2, 0.25) is 0 Å². The molecule has 0 atom stereocenters. The average Bonchev–Trinajstić information content (AvgIpc) is 2.70. The van der Waals surface area contributed by atoms with Crippen molar-refractivity contribution in [2.24, 2.45) is 0 Å². The quantitative estimate of drug-likeness (QED) is 0.855. The molecule has 0 spiro atoms. The Labute approximate surface area is 88.8 Å². The summed E-state index contributed by atoms with van der Waals surface area (Å²) in [4.78, 5) is 4.62. The van der Waals surface area contributed by atoms with Gasteiger partial charge in [0.15, 0.2) is 11.6 Å². The zero-order valence-corrected chi connectivity index (χ0v) is 8.39. The molecule has 0 aliphatic rings. The lowest BCUT2D eigenvalue weighted by molar-refractivity contribution is 0.281. The van der Waals surface area contributed by atoms with E-state index < -0.39 is 11.6 Å². The summed E-state index contributed by atoms with van der Waals surface area (Å²) in [5.74, 6) is -1.75. The molecular weight excluding hydrogens is 220 g/mol. The fourth-order valence-corrected chi connectivity index (χ4v) is 1.94. The van der Waals surface area contributed by atoms with Crippen LogP contribution in [0, 0.1) is 11.6 Å². The number of thiazole rings is 1. The fourth-order valence-electron chi connectivity index (χ4n) is 1.17. The van der Waals surface area contributed by atoms with Gasteiger partial charge in [0.25, 0.3) is 0 Å². The van der Waals surface area contributed by atoms with Gasteiger partial charge in [0, 0.05) is 6.20 Å². The molecule has 0 fully saturated rings. The maximum Gasteiger partial charge on any atom is 0.159 e. The molecule has 0 aliphatic carbocycles. The molecule has 15 heavy (non-hydrogen) atoms. The van der Waals surface area contributed by atoms with Crippen LogP contribution in [0.25, 0.3) is 10.4 Å². The molecule has 0 radical (unpaired) electrons. The third-order valence-electron chi connectivity index (χ3n) is 1.89. The number of hydrogen-bond acceptors (Lipinski definition) is 3. The minimum absolute atomic E-state index is 0.145. The minimum Gasteiger partial charge on any atom is -0.389 e. The van der Waals surface area contributed by atoms with E-state index in [2.05, 4.69) is 4.98 Å². The number of hydrogen-bond donors (Lipinski definition) is 1. The highest BCUT2D eigenvalue weighted by Gasteiger charge is 2.07. The molecule has 0 saturated heterocycles. The van der Waals surface area contributed by atoms with E-state index in [1.54, 1.807) is 0 Å². The molecule has 0 saturated carbocycles. The van der Waals surface area contributed by atoms with Crippen molar-refractivity contribution in [2.45, 2.75) is 6.61 Å². The van der Waals surface area contributed by atoms with Gasteiger partial charge < -0.3 is 5.11 Å². The first-order chi connectivity index (χ1) is 7.20. The zero-order valence-electron chi connectivity index (χ0n) is 7.58. The van der Waals surface area contributed by atoms with Crippen LogP contribution in [-0.2, 0) is 6.61 Å². The number of halogens is 2. The first-order valence-electron chi connectivity index (χ1n) is 4.21. The molecule has 2 aromatic rings. The summed E-state index contributed by atoms with van der Waals surface area (Å²) in [6.45, 7) is -0.145. The lowest BCUT2D eigenvalue weighted by Crippen LogP contribution is -1.83. The summed E-state index contributed by atoms with van der Waals surface area (Å²) < 4.78 is 25.6. The predicted molar refractivity (Wildman–Crippen MR) is 53.4 cm³/mol. The Morgan fingerprint density at radius 3 is 2.67 bits per heavy atom. The molecule has 2 rings (SSSR count). The average molecular weight is 227 g/mol. The van der Waals surface area contributed by atoms with Gasteiger partial charge in [0.2, 0.25) is 0 Å². The Bertz CT molecular complexity index is 484. The second-order valence-corrected chi connectivity index (χ2v) is 4.02. The lowest BCUT2D eigenvalue weighted by Gasteiger charge is -1.97. The van der Waals surface area contributed by atoms with Crippen molar-refractivity contribution >= 4 is 11.3 Å². The lowest BCUT2D eigenvalue weighted by atomic mass is 10.2. The molecule has 1 N–H and O–H groups in total. The van der Waals surface area contributed by atoms with Crippen LogP contribution in [0.5, 0.6) is 0 Å². The Hall–Kier alpha value is -1.33. The Morgan fingerprint density at radius 2 is 2.07 bits per heavy atom. The predicted octanol–water partition coefficient (Wildman–Crippen LogP) is 2.58. The topological polar surface area (TPSA) is 33.1 Å². The number of aliphatic hydroxyl groups is 1. The molecule has 1 aromatic carbocycles. The minimum atomic E-state index is -0.883. The number of aromatic nitrogens is 1. The van der Waals surface area contributed by atoms with Gasteiger partial charge >= 0.3 is 0 Å². The summed E-state index contributed by atoms with van der Waals surface area (Å²) in [6, 6.07) is 3.67. The first kappa shape index (κ1) is 10.2. The maximum atomic E-state index is 12.9. The summed E-state index contributed by atoms with van der Waals surface area (Å²) in [5, 5.41) is 9.36. The van der Waals surface area contributed by atoms with Crippen LogP contribution in [0.3, 0.4) is 0 Å². The van der Waals surface area contributed by atoms with Crippen molar-refractivity contribution in [3.05, 3.63) is 41.0 Å². The van der Waals surface area contributed by atoms with Crippen LogP contribution in [-0.4, -0.2) is 10.1 Å². The highest BCUT2D eigenvalue weighted by molar-refractivity contribution is 7.15. The second-order valence-electron chi connectivity index (χ2n) is 2.91. The van der Waals surface area contributed by atoms with E-state index in [1.807, 2.05) is 0 Å². The van der Waals surface area contributed by atoms with Gasteiger partial charge in [-0.2, -0.15) is 0 Å². The van der Waals surface area contributed by atoms with Gasteiger partial charge in [-0.25, -0.2) is 13.8 Å². The van der Waals surface area contributed by atoms with Crippen LogP contribution in [0.15, 0.2) is 24.4 Å². The Kier molecular flexibility index (Phi) is 2.75. The molecule has 0 bridgehead atoms. The number of nitrogens with zero attached hydrogens (tertiary/aromatic N) is 1. The molecule has 5 heteroatoms. The SMILES string of the molecule is OCc1ncc(-c2ccc(F)c(F)c2)s1. The molecule has 1 heterocycles. The second kappa shape index (κ2) is 4.04. The monoisotopic (exact) mass is 227 g/mol. The molecule has 1 aromatic heterocycles. The Morgan fingerprint density at radius 1 is 1.27 bits per heavy atom. The van der Waals surface area contributed by atoms with E-state index in [-0.39, 0.29) is 6.61 Å². The smallest absolute Gasteiger partial charge is 0.159 e. The van der Waals surface area contributed by atoms with E-state index in [1.165, 1.54) is 23.6 Å². The summed E-state index contributed by atoms with van der Waals surface area (Å²) in [5.41, 5.74) is 0.561. The standard InChI is InChI=1S/C10H7F2NOS/c11-7-2-1-6(3-8(7)12)9-4-13-10(5-14)15-9/h1-4,14H,5H2. The molecule has 0 amide bonds. The van der Waals surface area contributed by atoms with Gasteiger partial charge in [-0.05, 0) is 17.7 Å². The van der Waals surface area contributed by atoms with Crippen molar-refractivity contribution < 1.29 is 13.9 Å². The van der Waals surface area contributed by atoms with E-state index in [0.29, 0.717) is 15.4 Å². The molecule has 0 unspecified atom stereocenters. The molecular formula is C10H7F2NOS.